The van der Waals surface area contributed by atoms with Crippen molar-refractivity contribution in [1.82, 2.24) is 9.97 Å². The third-order valence-electron chi connectivity index (χ3n) is 4.30. The van der Waals surface area contributed by atoms with Crippen molar-refractivity contribution in [2.75, 3.05) is 0 Å². The van der Waals surface area contributed by atoms with E-state index in [4.69, 9.17) is 20.8 Å². The molecule has 5 rings (SSSR count). The molecular formula is C21H11ClN2O3S. The number of ether oxygens (including phenoxy) is 1. The van der Waals surface area contributed by atoms with Gasteiger partial charge in [-0.3, -0.25) is 0 Å². The molecule has 5 nitrogen and oxygen atoms in total. The molecule has 0 unspecified atom stereocenters. The second-order valence-corrected chi connectivity index (χ2v) is 7.37. The van der Waals surface area contributed by atoms with Crippen molar-refractivity contribution in [2.45, 2.75) is 0 Å². The highest BCUT2D eigenvalue weighted by molar-refractivity contribution is 7.17. The minimum absolute atomic E-state index is 0.406. The molecule has 28 heavy (non-hydrogen) atoms. The zero-order valence-electron chi connectivity index (χ0n) is 14.3. The first-order chi connectivity index (χ1) is 13.7. The molecule has 0 atom stereocenters. The van der Waals surface area contributed by atoms with Gasteiger partial charge in [0.1, 0.15) is 22.5 Å². The second kappa shape index (κ2) is 6.74. The zero-order valence-corrected chi connectivity index (χ0v) is 15.8. The third kappa shape index (κ3) is 3.02. The van der Waals surface area contributed by atoms with Gasteiger partial charge in [-0.2, -0.15) is 0 Å². The molecule has 5 aromatic rings. The third-order valence-corrected chi connectivity index (χ3v) is 5.44. The molecule has 136 valence electrons. The van der Waals surface area contributed by atoms with Crippen LogP contribution in [0.25, 0.3) is 32.3 Å². The van der Waals surface area contributed by atoms with E-state index in [9.17, 15) is 4.79 Å². The Morgan fingerprint density at radius 2 is 1.82 bits per heavy atom. The zero-order chi connectivity index (χ0) is 19.1. The fourth-order valence-electron chi connectivity index (χ4n) is 2.98. The maximum Gasteiger partial charge on any atom is 0.336 e. The fourth-order valence-corrected chi connectivity index (χ4v) is 4.02. The van der Waals surface area contributed by atoms with E-state index >= 15 is 0 Å². The van der Waals surface area contributed by atoms with Gasteiger partial charge in [0, 0.05) is 33.5 Å². The molecule has 0 aliphatic rings. The molecule has 0 N–H and O–H groups in total. The van der Waals surface area contributed by atoms with Gasteiger partial charge in [-0.25, -0.2) is 14.8 Å². The van der Waals surface area contributed by atoms with Crippen LogP contribution in [0.5, 0.6) is 11.6 Å². The highest BCUT2D eigenvalue weighted by Crippen LogP contribution is 2.39. The first kappa shape index (κ1) is 16.9. The lowest BCUT2D eigenvalue weighted by Gasteiger charge is -2.08. The monoisotopic (exact) mass is 406 g/mol. The normalized spacial score (nSPS) is 11.2. The summed E-state index contributed by atoms with van der Waals surface area (Å²) in [5.74, 6) is 0.962. The van der Waals surface area contributed by atoms with E-state index in [2.05, 4.69) is 9.97 Å². The molecule has 3 aromatic heterocycles. The van der Waals surface area contributed by atoms with E-state index < -0.39 is 5.63 Å². The fraction of sp³-hybridized carbons (Fsp3) is 0. The molecule has 0 saturated carbocycles. The van der Waals surface area contributed by atoms with E-state index in [0.717, 1.165) is 26.7 Å². The summed E-state index contributed by atoms with van der Waals surface area (Å²) in [6, 6.07) is 16.0. The lowest BCUT2D eigenvalue weighted by molar-refractivity contribution is 0.467. The van der Waals surface area contributed by atoms with Crippen LogP contribution in [0.3, 0.4) is 0 Å². The number of fused-ring (bicyclic) bond motifs is 2. The Labute approximate surface area is 167 Å². The van der Waals surface area contributed by atoms with Crippen molar-refractivity contribution in [2.24, 2.45) is 0 Å². The summed E-state index contributed by atoms with van der Waals surface area (Å²) in [6.45, 7) is 0. The smallest absolute Gasteiger partial charge is 0.336 e. The van der Waals surface area contributed by atoms with Gasteiger partial charge in [0.15, 0.2) is 0 Å². The van der Waals surface area contributed by atoms with Crippen LogP contribution >= 0.6 is 22.9 Å². The lowest BCUT2D eigenvalue weighted by atomic mass is 10.1. The van der Waals surface area contributed by atoms with Crippen LogP contribution in [0, 0.1) is 0 Å². The Kier molecular flexibility index (Phi) is 4.07. The average Bonchev–Trinajstić information content (AvgIpc) is 3.13. The van der Waals surface area contributed by atoms with Crippen molar-refractivity contribution in [3.05, 3.63) is 81.7 Å². The van der Waals surface area contributed by atoms with Gasteiger partial charge < -0.3 is 9.15 Å². The second-order valence-electron chi connectivity index (χ2n) is 6.07. The van der Waals surface area contributed by atoms with Gasteiger partial charge >= 0.3 is 5.63 Å². The molecule has 0 amide bonds. The van der Waals surface area contributed by atoms with Crippen molar-refractivity contribution < 1.29 is 9.15 Å². The molecule has 0 spiro atoms. The highest BCUT2D eigenvalue weighted by atomic mass is 35.5. The molecule has 0 bridgehead atoms. The minimum Gasteiger partial charge on any atom is -0.438 e. The largest absolute Gasteiger partial charge is 0.438 e. The molecule has 3 heterocycles. The number of halogens is 1. The van der Waals surface area contributed by atoms with Crippen LogP contribution in [-0.4, -0.2) is 9.97 Å². The van der Waals surface area contributed by atoms with E-state index in [0.29, 0.717) is 22.2 Å². The number of aromatic nitrogens is 2. The highest BCUT2D eigenvalue weighted by Gasteiger charge is 2.15. The maximum absolute atomic E-state index is 11.5. The molecule has 7 heteroatoms. The van der Waals surface area contributed by atoms with Gasteiger partial charge in [0.2, 0.25) is 5.88 Å². The SMILES string of the molecule is O=c1ccc2ccc(Oc3ncnc4scc(-c5ccc(Cl)cc5)c34)cc2o1. The Balaban J connectivity index is 1.62. The van der Waals surface area contributed by atoms with Gasteiger partial charge in [0.25, 0.3) is 0 Å². The Hall–Kier alpha value is -3.22. The molecule has 0 aliphatic carbocycles. The minimum atomic E-state index is -0.406. The number of hydrogen-bond acceptors (Lipinski definition) is 6. The summed E-state index contributed by atoms with van der Waals surface area (Å²) in [5.41, 5.74) is 2.02. The number of hydrogen-bond donors (Lipinski definition) is 0. The topological polar surface area (TPSA) is 65.2 Å². The first-order valence-electron chi connectivity index (χ1n) is 8.37. The number of nitrogens with zero attached hydrogens (tertiary/aromatic N) is 2. The quantitative estimate of drug-likeness (QED) is 0.348. The summed E-state index contributed by atoms with van der Waals surface area (Å²) in [5, 5.41) is 4.34. The predicted molar refractivity (Wildman–Crippen MR) is 110 cm³/mol. The predicted octanol–water partition coefficient (Wildman–Crippen LogP) is 5.91. The van der Waals surface area contributed by atoms with Crippen molar-refractivity contribution >= 4 is 44.1 Å². The molecule has 0 radical (unpaired) electrons. The van der Waals surface area contributed by atoms with Crippen molar-refractivity contribution in [3.8, 4) is 22.8 Å². The summed E-state index contributed by atoms with van der Waals surface area (Å²) in [6.07, 6.45) is 1.47. The van der Waals surface area contributed by atoms with E-state index in [-0.39, 0.29) is 0 Å². The van der Waals surface area contributed by atoms with Gasteiger partial charge in [-0.05, 0) is 35.9 Å². The number of rotatable bonds is 3. The Morgan fingerprint density at radius 3 is 2.68 bits per heavy atom. The Morgan fingerprint density at radius 1 is 1.00 bits per heavy atom. The van der Waals surface area contributed by atoms with Gasteiger partial charge in [-0.15, -0.1) is 11.3 Å². The summed E-state index contributed by atoms with van der Waals surface area (Å²) in [7, 11) is 0. The van der Waals surface area contributed by atoms with Gasteiger partial charge in [0.05, 0.1) is 5.39 Å². The number of thiophene rings is 1. The molecule has 0 fully saturated rings. The standard InChI is InChI=1S/C21H11ClN2O3S/c22-14-5-1-12(2-6-14)16-10-28-21-19(16)20(23-11-24-21)26-15-7-3-13-4-8-18(25)27-17(13)9-15/h1-11H. The summed E-state index contributed by atoms with van der Waals surface area (Å²) < 4.78 is 11.3. The van der Waals surface area contributed by atoms with Crippen LogP contribution in [0.2, 0.25) is 5.02 Å². The maximum atomic E-state index is 11.5. The molecule has 0 saturated heterocycles. The first-order valence-corrected chi connectivity index (χ1v) is 9.63. The Bertz CT molecular complexity index is 1380. The van der Waals surface area contributed by atoms with Gasteiger partial charge in [-0.1, -0.05) is 23.7 Å². The van der Waals surface area contributed by atoms with Crippen LogP contribution in [0.1, 0.15) is 0 Å². The molecular weight excluding hydrogens is 396 g/mol. The summed E-state index contributed by atoms with van der Waals surface area (Å²) in [4.78, 5) is 21.0. The van der Waals surface area contributed by atoms with E-state index in [1.54, 1.807) is 12.1 Å². The van der Waals surface area contributed by atoms with E-state index in [1.165, 1.54) is 23.7 Å². The van der Waals surface area contributed by atoms with Crippen LogP contribution in [0.4, 0.5) is 0 Å². The molecule has 0 aliphatic heterocycles. The van der Waals surface area contributed by atoms with E-state index in [1.807, 2.05) is 41.8 Å². The summed E-state index contributed by atoms with van der Waals surface area (Å²) >= 11 is 7.53. The van der Waals surface area contributed by atoms with Crippen LogP contribution in [0.15, 0.2) is 75.5 Å². The average molecular weight is 407 g/mol. The van der Waals surface area contributed by atoms with Crippen LogP contribution in [-0.2, 0) is 0 Å². The van der Waals surface area contributed by atoms with Crippen molar-refractivity contribution in [3.63, 3.8) is 0 Å². The lowest BCUT2D eigenvalue weighted by Crippen LogP contribution is -1.95. The number of benzene rings is 2. The van der Waals surface area contributed by atoms with Crippen molar-refractivity contribution in [1.29, 1.82) is 0 Å². The molecule has 2 aromatic carbocycles. The van der Waals surface area contributed by atoms with Crippen LogP contribution < -0.4 is 10.4 Å².